The van der Waals surface area contributed by atoms with Crippen LogP contribution in [0.5, 0.6) is 0 Å². The molecule has 0 aliphatic carbocycles. The van der Waals surface area contributed by atoms with Crippen LogP contribution in [0.1, 0.15) is 0 Å². The van der Waals surface area contributed by atoms with E-state index in [2.05, 4.69) is 289 Å². The second-order valence-corrected chi connectivity index (χ2v) is 18.9. The molecule has 0 radical (unpaired) electrons. The Morgan fingerprint density at radius 3 is 1.27 bits per heavy atom. The van der Waals surface area contributed by atoms with E-state index in [1.54, 1.807) is 0 Å². The Kier molecular flexibility index (Phi) is 10.5. The third-order valence-corrected chi connectivity index (χ3v) is 14.6. The lowest BCUT2D eigenvalue weighted by atomic mass is 9.87. The van der Waals surface area contributed by atoms with Crippen LogP contribution >= 0.6 is 0 Å². The van der Waals surface area contributed by atoms with E-state index in [4.69, 9.17) is 9.97 Å². The highest BCUT2D eigenvalue weighted by Gasteiger charge is 2.21. The van der Waals surface area contributed by atoms with Gasteiger partial charge in [-0.3, -0.25) is 0 Å². The van der Waals surface area contributed by atoms with Crippen molar-refractivity contribution in [3.63, 3.8) is 0 Å². The lowest BCUT2D eigenvalue weighted by Crippen LogP contribution is -2.12. The SMILES string of the molecule is c1ccc(-c2c3ccccc3nc3c2ccc2ccc(-c4c5ccccc5c(-c5ccc(N(c6ccc(N(c7ccccc7)c7ccccc7)cc6)c6ccc7ccccc7c6)cc5)c5ccccc45)nc23)cc1. The van der Waals surface area contributed by atoms with Crippen LogP contribution in [0.25, 0.3) is 98.5 Å². The van der Waals surface area contributed by atoms with Crippen molar-refractivity contribution in [2.45, 2.75) is 0 Å². The molecule has 0 bridgehead atoms. The lowest BCUT2D eigenvalue weighted by molar-refractivity contribution is 1.26. The van der Waals surface area contributed by atoms with Gasteiger partial charge in [0.2, 0.25) is 0 Å². The average molecular weight is 943 g/mol. The smallest absolute Gasteiger partial charge is 0.0978 e. The minimum atomic E-state index is 0.895. The topological polar surface area (TPSA) is 32.3 Å². The Morgan fingerprint density at radius 1 is 0.230 bits per heavy atom. The lowest BCUT2D eigenvalue weighted by Gasteiger charge is -2.28. The van der Waals surface area contributed by atoms with Crippen LogP contribution in [0.3, 0.4) is 0 Å². The molecule has 0 saturated heterocycles. The number of rotatable bonds is 9. The number of fused-ring (bicyclic) bond motifs is 7. The highest BCUT2D eigenvalue weighted by molar-refractivity contribution is 6.22. The number of aromatic nitrogens is 2. The van der Waals surface area contributed by atoms with E-state index in [9.17, 15) is 0 Å². The van der Waals surface area contributed by atoms with Crippen molar-refractivity contribution in [3.05, 3.63) is 279 Å². The number of pyridine rings is 2. The standard InChI is InChI=1S/C70H46N4/c1-4-19-48(20-5-1)67-62-30-16-17-31-64(62)71-70-63(67)44-35-50-36-45-65(72-69(50)70)68-60-28-14-12-26-58(60)66(59-27-13-15-29-61(59)68)49-33-37-54(38-34-49)74(57-39-32-47-18-10-11-21-51(47)46-57)56-42-40-55(41-43-56)73(52-22-6-2-7-23-52)53-24-8-3-9-25-53/h1-46H. The molecule has 0 aliphatic heterocycles. The zero-order chi connectivity index (χ0) is 49.0. The minimum absolute atomic E-state index is 0.895. The number of benzene rings is 12. The fraction of sp³-hybridized carbons (Fsp3) is 0. The van der Waals surface area contributed by atoms with Crippen LogP contribution in [0.15, 0.2) is 279 Å². The fourth-order valence-corrected chi connectivity index (χ4v) is 11.2. The minimum Gasteiger partial charge on any atom is -0.311 e. The molecule has 0 aliphatic rings. The van der Waals surface area contributed by atoms with Crippen LogP contribution in [-0.4, -0.2) is 9.97 Å². The summed E-state index contributed by atoms with van der Waals surface area (Å²) in [6.07, 6.45) is 0. The second kappa shape index (κ2) is 18.1. The van der Waals surface area contributed by atoms with Crippen molar-refractivity contribution in [1.29, 1.82) is 0 Å². The van der Waals surface area contributed by atoms with Crippen molar-refractivity contribution in [1.82, 2.24) is 9.97 Å². The largest absolute Gasteiger partial charge is 0.311 e. The van der Waals surface area contributed by atoms with Gasteiger partial charge in [0.1, 0.15) is 0 Å². The van der Waals surface area contributed by atoms with Gasteiger partial charge in [0.25, 0.3) is 0 Å². The summed E-state index contributed by atoms with van der Waals surface area (Å²) in [5.41, 5.74) is 16.0. The number of anilines is 6. The second-order valence-electron chi connectivity index (χ2n) is 18.9. The molecule has 14 aromatic rings. The molecule has 346 valence electrons. The molecule has 0 fully saturated rings. The fourth-order valence-electron chi connectivity index (χ4n) is 11.2. The van der Waals surface area contributed by atoms with Gasteiger partial charge in [-0.15, -0.1) is 0 Å². The zero-order valence-electron chi connectivity index (χ0n) is 40.3. The Labute approximate surface area is 429 Å². The van der Waals surface area contributed by atoms with Crippen LogP contribution in [0, 0.1) is 0 Å². The summed E-state index contributed by atoms with van der Waals surface area (Å²) in [5.74, 6) is 0. The molecule has 0 atom stereocenters. The van der Waals surface area contributed by atoms with Gasteiger partial charge in [0, 0.05) is 61.4 Å². The molecule has 2 heterocycles. The van der Waals surface area contributed by atoms with Gasteiger partial charge in [0.05, 0.1) is 22.2 Å². The molecule has 0 amide bonds. The maximum Gasteiger partial charge on any atom is 0.0978 e. The molecule has 4 nitrogen and oxygen atoms in total. The van der Waals surface area contributed by atoms with E-state index in [0.717, 1.165) is 100.0 Å². The Hall–Kier alpha value is -9.90. The van der Waals surface area contributed by atoms with Gasteiger partial charge in [0.15, 0.2) is 0 Å². The van der Waals surface area contributed by atoms with Crippen molar-refractivity contribution in [2.75, 3.05) is 9.80 Å². The summed E-state index contributed by atoms with van der Waals surface area (Å²) in [4.78, 5) is 15.6. The molecular formula is C70H46N4. The molecule has 4 heteroatoms. The van der Waals surface area contributed by atoms with Gasteiger partial charge >= 0.3 is 0 Å². The van der Waals surface area contributed by atoms with Gasteiger partial charge in [-0.05, 0) is 134 Å². The first-order valence-electron chi connectivity index (χ1n) is 25.2. The third kappa shape index (κ3) is 7.39. The Balaban J connectivity index is 0.902. The molecular weight excluding hydrogens is 897 g/mol. The van der Waals surface area contributed by atoms with E-state index in [0.29, 0.717) is 0 Å². The Morgan fingerprint density at radius 2 is 0.649 bits per heavy atom. The van der Waals surface area contributed by atoms with Crippen molar-refractivity contribution in [3.8, 4) is 33.5 Å². The Bertz CT molecular complexity index is 4310. The summed E-state index contributed by atoms with van der Waals surface area (Å²) >= 11 is 0. The average Bonchev–Trinajstić information content (AvgIpc) is 3.47. The van der Waals surface area contributed by atoms with Crippen LogP contribution in [-0.2, 0) is 0 Å². The van der Waals surface area contributed by atoms with E-state index in [1.807, 2.05) is 0 Å². The third-order valence-electron chi connectivity index (χ3n) is 14.6. The maximum atomic E-state index is 5.60. The highest BCUT2D eigenvalue weighted by Crippen LogP contribution is 2.46. The predicted octanol–water partition coefficient (Wildman–Crippen LogP) is 19.3. The molecule has 2 aromatic heterocycles. The molecule has 0 saturated carbocycles. The quantitative estimate of drug-likeness (QED) is 0.107. The van der Waals surface area contributed by atoms with Crippen molar-refractivity contribution in [2.24, 2.45) is 0 Å². The highest BCUT2D eigenvalue weighted by atomic mass is 15.2. The summed E-state index contributed by atoms with van der Waals surface area (Å²) in [7, 11) is 0. The summed E-state index contributed by atoms with van der Waals surface area (Å²) in [6.45, 7) is 0. The van der Waals surface area contributed by atoms with Gasteiger partial charge in [-0.25, -0.2) is 9.97 Å². The van der Waals surface area contributed by atoms with E-state index in [1.165, 1.54) is 32.7 Å². The summed E-state index contributed by atoms with van der Waals surface area (Å²) in [5, 5.41) is 10.3. The van der Waals surface area contributed by atoms with Crippen LogP contribution in [0.2, 0.25) is 0 Å². The van der Waals surface area contributed by atoms with E-state index >= 15 is 0 Å². The monoisotopic (exact) mass is 942 g/mol. The van der Waals surface area contributed by atoms with Crippen LogP contribution in [0.4, 0.5) is 34.1 Å². The molecule has 12 aromatic carbocycles. The number of para-hydroxylation sites is 3. The number of hydrogen-bond acceptors (Lipinski definition) is 4. The van der Waals surface area contributed by atoms with Crippen molar-refractivity contribution >= 4 is 99.2 Å². The first-order chi connectivity index (χ1) is 36.7. The van der Waals surface area contributed by atoms with E-state index < -0.39 is 0 Å². The molecule has 0 spiro atoms. The van der Waals surface area contributed by atoms with Crippen LogP contribution < -0.4 is 9.80 Å². The van der Waals surface area contributed by atoms with E-state index in [-0.39, 0.29) is 0 Å². The number of hydrogen-bond donors (Lipinski definition) is 0. The maximum absolute atomic E-state index is 5.60. The molecule has 14 rings (SSSR count). The predicted molar refractivity (Wildman–Crippen MR) is 313 cm³/mol. The van der Waals surface area contributed by atoms with Gasteiger partial charge in [-0.2, -0.15) is 0 Å². The normalized spacial score (nSPS) is 11.5. The first-order valence-corrected chi connectivity index (χ1v) is 25.2. The van der Waals surface area contributed by atoms with Gasteiger partial charge < -0.3 is 9.80 Å². The molecule has 0 N–H and O–H groups in total. The van der Waals surface area contributed by atoms with Gasteiger partial charge in [-0.1, -0.05) is 194 Å². The molecule has 74 heavy (non-hydrogen) atoms. The zero-order valence-corrected chi connectivity index (χ0v) is 40.3. The molecule has 0 unspecified atom stereocenters. The first kappa shape index (κ1) is 42.9. The summed E-state index contributed by atoms with van der Waals surface area (Å²) < 4.78 is 0. The van der Waals surface area contributed by atoms with Crippen molar-refractivity contribution < 1.29 is 0 Å². The number of nitrogens with zero attached hydrogens (tertiary/aromatic N) is 4. The summed E-state index contributed by atoms with van der Waals surface area (Å²) in [6, 6.07) is 100.